The lowest BCUT2D eigenvalue weighted by molar-refractivity contribution is -0.137. The Morgan fingerprint density at radius 1 is 0.683 bits per heavy atom. The molecule has 1 unspecified atom stereocenters. The van der Waals surface area contributed by atoms with Crippen molar-refractivity contribution < 1.29 is 52.2 Å². The Bertz CT molecular complexity index is 2560. The largest absolute Gasteiger partial charge is 0.507 e. The van der Waals surface area contributed by atoms with Crippen LogP contribution in [-0.4, -0.2) is 45.3 Å². The van der Waals surface area contributed by atoms with E-state index in [4.69, 9.17) is 0 Å². The molecule has 0 saturated heterocycles. The van der Waals surface area contributed by atoms with E-state index < -0.39 is 52.7 Å². The van der Waals surface area contributed by atoms with Crippen LogP contribution in [0.4, 0.5) is 30.2 Å². The normalized spacial score (nSPS) is 11.5. The first-order valence-corrected chi connectivity index (χ1v) is 18.3. The van der Waals surface area contributed by atoms with Gasteiger partial charge in [0.1, 0.15) is 11.5 Å². The number of carbonyl (C=O) groups excluding carboxylic acids is 6. The molecule has 5 rings (SSSR count). The first-order valence-electron chi connectivity index (χ1n) is 18.3. The molecule has 0 radical (unpaired) electrons. The Hall–Kier alpha value is -7.60. The average Bonchev–Trinajstić information content (AvgIpc) is 3.21. The van der Waals surface area contributed by atoms with Gasteiger partial charge in [0.15, 0.2) is 17.3 Å². The number of anilines is 3. The fraction of sp³-hybridized carbons (Fsp3) is 0.178. The van der Waals surface area contributed by atoms with Crippen LogP contribution in [0, 0.1) is 31.1 Å². The van der Waals surface area contributed by atoms with E-state index in [0.717, 1.165) is 18.2 Å². The van der Waals surface area contributed by atoms with Gasteiger partial charge in [0.2, 0.25) is 5.91 Å². The molecule has 0 fully saturated rings. The number of Topliss-reactive ketones (excluding diaryl/α,β-unsaturated/α-hetero) is 3. The van der Waals surface area contributed by atoms with Crippen molar-refractivity contribution in [3.8, 4) is 17.6 Å². The summed E-state index contributed by atoms with van der Waals surface area (Å²) in [7, 11) is 0. The molecule has 5 aromatic rings. The number of rotatable bonds is 14. The van der Waals surface area contributed by atoms with Crippen molar-refractivity contribution in [2.24, 2.45) is 5.92 Å². The summed E-state index contributed by atoms with van der Waals surface area (Å²) in [6.45, 7) is 4.31. The number of aromatic hydroxyl groups is 2. The highest BCUT2D eigenvalue weighted by Gasteiger charge is 2.31. The molecular weight excluding hydrogens is 782 g/mol. The van der Waals surface area contributed by atoms with E-state index in [1.165, 1.54) is 99.6 Å². The molecule has 0 aliphatic rings. The zero-order chi connectivity index (χ0) is 43.9. The van der Waals surface area contributed by atoms with E-state index in [1.807, 2.05) is 6.07 Å². The number of phenols is 2. The van der Waals surface area contributed by atoms with Crippen molar-refractivity contribution in [2.45, 2.75) is 46.2 Å². The molecule has 5 N–H and O–H groups in total. The van der Waals surface area contributed by atoms with Crippen molar-refractivity contribution >= 4 is 52.1 Å². The SMILES string of the molecule is CC(=O)c1ccc(NC(=O)c2ccc(NC(=O)c3ccc(NC(=O)C(CC#N)CC(=O)c4ccc(CC(=O)c5cccc(C(F)(F)F)c5)cc4)cc3)c(C)c2O)c(C)c1O. The van der Waals surface area contributed by atoms with Gasteiger partial charge in [-0.1, -0.05) is 36.4 Å². The molecule has 60 heavy (non-hydrogen) atoms. The number of nitrogens with one attached hydrogen (secondary N) is 3. The maximum Gasteiger partial charge on any atom is 0.416 e. The van der Waals surface area contributed by atoms with Gasteiger partial charge in [0, 0.05) is 64.1 Å². The molecule has 0 saturated carbocycles. The van der Waals surface area contributed by atoms with Crippen molar-refractivity contribution in [1.29, 1.82) is 5.26 Å². The molecule has 0 aliphatic carbocycles. The monoisotopic (exact) mass is 818 g/mol. The molecule has 1 atom stereocenters. The number of nitrogens with zero attached hydrogens (tertiary/aromatic N) is 1. The van der Waals surface area contributed by atoms with Crippen LogP contribution in [0.15, 0.2) is 97.1 Å². The lowest BCUT2D eigenvalue weighted by Crippen LogP contribution is -2.25. The number of ketones is 3. The number of benzene rings is 5. The van der Waals surface area contributed by atoms with E-state index >= 15 is 0 Å². The van der Waals surface area contributed by atoms with Crippen LogP contribution in [0.25, 0.3) is 0 Å². The van der Waals surface area contributed by atoms with Crippen LogP contribution in [-0.2, 0) is 17.4 Å². The van der Waals surface area contributed by atoms with Gasteiger partial charge >= 0.3 is 6.18 Å². The summed E-state index contributed by atoms with van der Waals surface area (Å²) in [4.78, 5) is 76.8. The highest BCUT2D eigenvalue weighted by atomic mass is 19.4. The predicted molar refractivity (Wildman–Crippen MR) is 215 cm³/mol. The minimum absolute atomic E-state index is 0.0948. The van der Waals surface area contributed by atoms with Crippen molar-refractivity contribution in [2.75, 3.05) is 16.0 Å². The second-order valence-electron chi connectivity index (χ2n) is 13.9. The van der Waals surface area contributed by atoms with Gasteiger partial charge in [-0.25, -0.2) is 0 Å². The Morgan fingerprint density at radius 3 is 1.83 bits per heavy atom. The molecule has 0 aliphatic heterocycles. The van der Waals surface area contributed by atoms with Crippen LogP contribution in [0.1, 0.15) is 93.8 Å². The van der Waals surface area contributed by atoms with Crippen molar-refractivity contribution in [1.82, 2.24) is 0 Å². The number of phenolic OH excluding ortho intramolecular Hbond substituents is 2. The molecule has 0 spiro atoms. The van der Waals surface area contributed by atoms with E-state index in [1.54, 1.807) is 0 Å². The molecule has 12 nitrogen and oxygen atoms in total. The first-order chi connectivity index (χ1) is 28.4. The number of alkyl halides is 3. The molecule has 0 heterocycles. The third-order valence-electron chi connectivity index (χ3n) is 9.69. The Kier molecular flexibility index (Phi) is 13.3. The van der Waals surface area contributed by atoms with E-state index in [-0.39, 0.29) is 86.8 Å². The van der Waals surface area contributed by atoms with Crippen molar-refractivity contribution in [3.05, 3.63) is 147 Å². The first kappa shape index (κ1) is 43.5. The zero-order valence-corrected chi connectivity index (χ0v) is 32.4. The second-order valence-corrected chi connectivity index (χ2v) is 13.9. The topological polar surface area (TPSA) is 203 Å². The maximum atomic E-state index is 13.2. The summed E-state index contributed by atoms with van der Waals surface area (Å²) in [5.41, 5.74) is 0.902. The lowest BCUT2D eigenvalue weighted by atomic mass is 9.94. The van der Waals surface area contributed by atoms with Crippen LogP contribution in [0.3, 0.4) is 0 Å². The second kappa shape index (κ2) is 18.3. The summed E-state index contributed by atoms with van der Waals surface area (Å²) in [5, 5.41) is 38.5. The highest BCUT2D eigenvalue weighted by Crippen LogP contribution is 2.33. The summed E-state index contributed by atoms with van der Waals surface area (Å²) in [6, 6.07) is 23.1. The highest BCUT2D eigenvalue weighted by molar-refractivity contribution is 6.10. The summed E-state index contributed by atoms with van der Waals surface area (Å²) >= 11 is 0. The number of carbonyl (C=O) groups is 6. The molecule has 0 aromatic heterocycles. The smallest absolute Gasteiger partial charge is 0.416 e. The molecule has 0 bridgehead atoms. The van der Waals surface area contributed by atoms with Gasteiger partial charge in [0.05, 0.1) is 28.7 Å². The maximum absolute atomic E-state index is 13.2. The predicted octanol–water partition coefficient (Wildman–Crippen LogP) is 8.61. The van der Waals surface area contributed by atoms with Crippen LogP contribution in [0.2, 0.25) is 0 Å². The van der Waals surface area contributed by atoms with Crippen LogP contribution >= 0.6 is 0 Å². The van der Waals surface area contributed by atoms with Gasteiger partial charge in [-0.15, -0.1) is 0 Å². The summed E-state index contributed by atoms with van der Waals surface area (Å²) < 4.78 is 39.2. The van der Waals surface area contributed by atoms with E-state index in [2.05, 4.69) is 16.0 Å². The molecule has 3 amide bonds. The third-order valence-corrected chi connectivity index (χ3v) is 9.69. The summed E-state index contributed by atoms with van der Waals surface area (Å²) in [6.07, 6.45) is -5.42. The van der Waals surface area contributed by atoms with Gasteiger partial charge in [-0.2, -0.15) is 18.4 Å². The zero-order valence-electron chi connectivity index (χ0n) is 32.4. The summed E-state index contributed by atoms with van der Waals surface area (Å²) in [5.74, 6) is -4.99. The number of hydrogen-bond acceptors (Lipinski definition) is 9. The van der Waals surface area contributed by atoms with Crippen molar-refractivity contribution in [3.63, 3.8) is 0 Å². The number of hydrogen-bond donors (Lipinski definition) is 5. The molecule has 306 valence electrons. The standard InChI is InChI=1S/C45H37F3N4O8/c1-24-37(17-15-34(26(3)53)40(24)56)52-44(60)35-16-18-36(25(2)41(35)57)51-42(58)29-11-13-33(14-12-29)50-43(59)31(19-20-49)23-39(55)28-9-7-27(8-10-28)21-38(54)30-5-4-6-32(22-30)45(46,47)48/h4-18,22,31,56-57H,19,21,23H2,1-3H3,(H,50,59)(H,51,58)(H,52,60). The Balaban J connectivity index is 1.17. The number of nitriles is 1. The van der Waals surface area contributed by atoms with Crippen LogP contribution < -0.4 is 16.0 Å². The van der Waals surface area contributed by atoms with Crippen LogP contribution in [0.5, 0.6) is 11.5 Å². The van der Waals surface area contributed by atoms with Gasteiger partial charge in [-0.3, -0.25) is 28.8 Å². The molecule has 15 heteroatoms. The lowest BCUT2D eigenvalue weighted by Gasteiger charge is -2.15. The quantitative estimate of drug-likeness (QED) is 0.0680. The third kappa shape index (κ3) is 10.3. The van der Waals surface area contributed by atoms with Gasteiger partial charge in [0.25, 0.3) is 11.8 Å². The number of amides is 3. The minimum Gasteiger partial charge on any atom is -0.507 e. The number of halogens is 3. The fourth-order valence-corrected chi connectivity index (χ4v) is 6.15. The van der Waals surface area contributed by atoms with Gasteiger partial charge < -0.3 is 26.2 Å². The van der Waals surface area contributed by atoms with E-state index in [9.17, 15) is 57.4 Å². The fourth-order valence-electron chi connectivity index (χ4n) is 6.15. The van der Waals surface area contributed by atoms with E-state index in [0.29, 0.717) is 5.56 Å². The average molecular weight is 819 g/mol. The Morgan fingerprint density at radius 2 is 1.25 bits per heavy atom. The van der Waals surface area contributed by atoms with Gasteiger partial charge in [-0.05, 0) is 87.0 Å². The molecular formula is C45H37F3N4O8. The molecule has 5 aromatic carbocycles. The minimum atomic E-state index is -4.60. The Labute approximate surface area is 341 Å².